The van der Waals surface area contributed by atoms with Gasteiger partial charge in [0, 0.05) is 24.9 Å². The van der Waals surface area contributed by atoms with Crippen molar-refractivity contribution in [3.05, 3.63) is 24.3 Å². The fraction of sp³-hybridized carbons (Fsp3) is 0.526. The molecule has 0 atom stereocenters. The highest BCUT2D eigenvalue weighted by Crippen LogP contribution is 2.15. The first kappa shape index (κ1) is 21.5. The summed E-state index contributed by atoms with van der Waals surface area (Å²) in [6.45, 7) is 4.58. The Labute approximate surface area is 154 Å². The predicted octanol–water partition coefficient (Wildman–Crippen LogP) is 2.92. The van der Waals surface area contributed by atoms with Crippen LogP contribution in [0.15, 0.2) is 24.3 Å². The third-order valence-corrected chi connectivity index (χ3v) is 3.63. The molecular weight excluding hydrogens is 334 g/mol. The average molecular weight is 363 g/mol. The first-order valence-electron chi connectivity index (χ1n) is 9.15. The van der Waals surface area contributed by atoms with Crippen molar-refractivity contribution in [1.82, 2.24) is 10.9 Å². The van der Waals surface area contributed by atoms with Crippen LogP contribution in [0.5, 0.6) is 5.75 Å². The zero-order valence-electron chi connectivity index (χ0n) is 15.6. The lowest BCUT2D eigenvalue weighted by Gasteiger charge is -2.08. The standard InChI is InChI=1S/C19H29N3O4/c1-3-5-6-7-8-18(24)21-22-19(25)14-13-17(23)20-15-9-11-16(12-10-15)26-4-2/h9-12H,3-8,13-14H2,1-2H3,(H,20,23)(H,21,24)(H,22,25). The van der Waals surface area contributed by atoms with Gasteiger partial charge in [0.1, 0.15) is 5.75 Å². The van der Waals surface area contributed by atoms with Gasteiger partial charge in [0.2, 0.25) is 17.7 Å². The van der Waals surface area contributed by atoms with Crippen LogP contribution in [0.1, 0.15) is 58.8 Å². The van der Waals surface area contributed by atoms with Gasteiger partial charge in [-0.05, 0) is 37.6 Å². The summed E-state index contributed by atoms with van der Waals surface area (Å²) in [5.41, 5.74) is 5.33. The Kier molecular flexibility index (Phi) is 10.5. The van der Waals surface area contributed by atoms with Gasteiger partial charge in [0.25, 0.3) is 0 Å². The molecule has 0 fully saturated rings. The molecule has 0 bridgehead atoms. The summed E-state index contributed by atoms with van der Waals surface area (Å²) in [6, 6.07) is 7.01. The molecule has 3 N–H and O–H groups in total. The lowest BCUT2D eigenvalue weighted by atomic mass is 10.1. The fourth-order valence-corrected chi connectivity index (χ4v) is 2.23. The van der Waals surface area contributed by atoms with E-state index in [-0.39, 0.29) is 24.7 Å². The van der Waals surface area contributed by atoms with Gasteiger partial charge in [-0.3, -0.25) is 25.2 Å². The van der Waals surface area contributed by atoms with Crippen LogP contribution >= 0.6 is 0 Å². The summed E-state index contributed by atoms with van der Waals surface area (Å²) in [7, 11) is 0. The van der Waals surface area contributed by atoms with Crippen molar-refractivity contribution >= 4 is 23.4 Å². The third-order valence-electron chi connectivity index (χ3n) is 3.63. The number of carbonyl (C=O) groups excluding carboxylic acids is 3. The first-order valence-corrected chi connectivity index (χ1v) is 9.15. The van der Waals surface area contributed by atoms with Crippen LogP contribution in [-0.4, -0.2) is 24.3 Å². The van der Waals surface area contributed by atoms with Gasteiger partial charge in [0.05, 0.1) is 6.61 Å². The summed E-state index contributed by atoms with van der Waals surface area (Å²) >= 11 is 0. The van der Waals surface area contributed by atoms with Gasteiger partial charge in [-0.15, -0.1) is 0 Å². The van der Waals surface area contributed by atoms with Crippen LogP contribution in [0, 0.1) is 0 Å². The van der Waals surface area contributed by atoms with Crippen molar-refractivity contribution in [2.75, 3.05) is 11.9 Å². The molecule has 26 heavy (non-hydrogen) atoms. The Morgan fingerprint density at radius 1 is 0.808 bits per heavy atom. The number of ether oxygens (including phenoxy) is 1. The van der Waals surface area contributed by atoms with Crippen molar-refractivity contribution < 1.29 is 19.1 Å². The molecule has 0 saturated heterocycles. The molecular formula is C19H29N3O4. The number of rotatable bonds is 11. The molecule has 0 aliphatic heterocycles. The van der Waals surface area contributed by atoms with Crippen LogP contribution in [0.4, 0.5) is 5.69 Å². The minimum absolute atomic E-state index is 0.00101. The molecule has 0 radical (unpaired) electrons. The molecule has 144 valence electrons. The van der Waals surface area contributed by atoms with Gasteiger partial charge in [-0.25, -0.2) is 0 Å². The fourth-order valence-electron chi connectivity index (χ4n) is 2.23. The minimum atomic E-state index is -0.395. The van der Waals surface area contributed by atoms with E-state index in [1.165, 1.54) is 0 Å². The maximum absolute atomic E-state index is 11.9. The Hall–Kier alpha value is -2.57. The largest absolute Gasteiger partial charge is 0.494 e. The lowest BCUT2D eigenvalue weighted by Crippen LogP contribution is -2.41. The zero-order chi connectivity index (χ0) is 19.2. The molecule has 0 saturated carbocycles. The molecule has 0 unspecified atom stereocenters. The van der Waals surface area contributed by atoms with E-state index in [9.17, 15) is 14.4 Å². The van der Waals surface area contributed by atoms with Crippen molar-refractivity contribution in [1.29, 1.82) is 0 Å². The highest BCUT2D eigenvalue weighted by atomic mass is 16.5. The summed E-state index contributed by atoms with van der Waals surface area (Å²) in [6.07, 6.45) is 4.44. The monoisotopic (exact) mass is 363 g/mol. The number of benzene rings is 1. The van der Waals surface area contributed by atoms with E-state index >= 15 is 0 Å². The van der Waals surface area contributed by atoms with E-state index in [0.717, 1.165) is 31.4 Å². The highest BCUT2D eigenvalue weighted by Gasteiger charge is 2.08. The van der Waals surface area contributed by atoms with Crippen LogP contribution in [-0.2, 0) is 14.4 Å². The van der Waals surface area contributed by atoms with Gasteiger partial charge in [-0.2, -0.15) is 0 Å². The number of amides is 3. The molecule has 7 nitrogen and oxygen atoms in total. The molecule has 7 heteroatoms. The molecule has 0 aliphatic rings. The van der Waals surface area contributed by atoms with Gasteiger partial charge >= 0.3 is 0 Å². The zero-order valence-corrected chi connectivity index (χ0v) is 15.6. The molecule has 0 aromatic heterocycles. The van der Waals surface area contributed by atoms with Crippen LogP contribution in [0.2, 0.25) is 0 Å². The van der Waals surface area contributed by atoms with E-state index in [0.29, 0.717) is 18.7 Å². The van der Waals surface area contributed by atoms with Gasteiger partial charge < -0.3 is 10.1 Å². The maximum atomic E-state index is 11.9. The van der Waals surface area contributed by atoms with E-state index < -0.39 is 5.91 Å². The number of hydrogen-bond donors (Lipinski definition) is 3. The lowest BCUT2D eigenvalue weighted by molar-refractivity contribution is -0.129. The molecule has 1 aromatic rings. The Morgan fingerprint density at radius 2 is 1.42 bits per heavy atom. The van der Waals surface area contributed by atoms with Gasteiger partial charge in [0.15, 0.2) is 0 Å². The van der Waals surface area contributed by atoms with Crippen molar-refractivity contribution in [3.8, 4) is 5.75 Å². The highest BCUT2D eigenvalue weighted by molar-refractivity contribution is 5.93. The molecule has 3 amide bonds. The molecule has 0 spiro atoms. The van der Waals surface area contributed by atoms with E-state index in [2.05, 4.69) is 23.1 Å². The smallest absolute Gasteiger partial charge is 0.238 e. The number of hydrazine groups is 1. The second-order valence-corrected chi connectivity index (χ2v) is 5.91. The van der Waals surface area contributed by atoms with Crippen LogP contribution in [0.25, 0.3) is 0 Å². The summed E-state index contributed by atoms with van der Waals surface area (Å²) in [5.74, 6) is -0.146. The van der Waals surface area contributed by atoms with Crippen molar-refractivity contribution in [2.24, 2.45) is 0 Å². The summed E-state index contributed by atoms with van der Waals surface area (Å²) in [5, 5.41) is 2.71. The first-order chi connectivity index (χ1) is 12.5. The quantitative estimate of drug-likeness (QED) is 0.416. The van der Waals surface area contributed by atoms with Crippen molar-refractivity contribution in [3.63, 3.8) is 0 Å². The van der Waals surface area contributed by atoms with Crippen LogP contribution < -0.4 is 20.9 Å². The van der Waals surface area contributed by atoms with E-state index in [1.54, 1.807) is 24.3 Å². The second kappa shape index (κ2) is 12.7. The Morgan fingerprint density at radius 3 is 2.04 bits per heavy atom. The number of carbonyl (C=O) groups is 3. The topological polar surface area (TPSA) is 96.5 Å². The molecule has 0 heterocycles. The predicted molar refractivity (Wildman–Crippen MR) is 101 cm³/mol. The number of anilines is 1. The summed E-state index contributed by atoms with van der Waals surface area (Å²) in [4.78, 5) is 35.1. The maximum Gasteiger partial charge on any atom is 0.238 e. The number of nitrogens with one attached hydrogen (secondary N) is 3. The molecule has 0 aliphatic carbocycles. The SMILES string of the molecule is CCCCCCC(=O)NNC(=O)CCC(=O)Nc1ccc(OCC)cc1. The Bertz CT molecular complexity index is 573. The van der Waals surface area contributed by atoms with E-state index in [1.807, 2.05) is 6.92 Å². The third kappa shape index (κ3) is 9.66. The second-order valence-electron chi connectivity index (χ2n) is 5.91. The summed E-state index contributed by atoms with van der Waals surface area (Å²) < 4.78 is 5.33. The normalized spacial score (nSPS) is 10.1. The van der Waals surface area contributed by atoms with Crippen molar-refractivity contribution in [2.45, 2.75) is 58.8 Å². The van der Waals surface area contributed by atoms with Crippen LogP contribution in [0.3, 0.4) is 0 Å². The number of unbranched alkanes of at least 4 members (excludes halogenated alkanes) is 3. The Balaban J connectivity index is 2.19. The van der Waals surface area contributed by atoms with Gasteiger partial charge in [-0.1, -0.05) is 26.2 Å². The molecule has 1 aromatic carbocycles. The van der Waals surface area contributed by atoms with E-state index in [4.69, 9.17) is 4.74 Å². The minimum Gasteiger partial charge on any atom is -0.494 e. The number of hydrogen-bond acceptors (Lipinski definition) is 4. The average Bonchev–Trinajstić information content (AvgIpc) is 2.63. The molecule has 1 rings (SSSR count).